The average molecular weight is 318 g/mol. The molecule has 2 saturated heterocycles. The minimum atomic E-state index is 0. The van der Waals surface area contributed by atoms with Crippen LogP contribution in [-0.4, -0.2) is 62.2 Å². The molecule has 1 aromatic heterocycles. The van der Waals surface area contributed by atoms with Crippen LogP contribution in [0.15, 0.2) is 11.4 Å². The van der Waals surface area contributed by atoms with Gasteiger partial charge in [0.05, 0.1) is 12.0 Å². The molecule has 20 heavy (non-hydrogen) atoms. The molecule has 0 radical (unpaired) electrons. The molecule has 4 nitrogen and oxygen atoms in total. The highest BCUT2D eigenvalue weighted by atomic mass is 35.5. The third-order valence-electron chi connectivity index (χ3n) is 4.21. The van der Waals surface area contributed by atoms with Crippen LogP contribution in [0.4, 0.5) is 0 Å². The predicted molar refractivity (Wildman–Crippen MR) is 86.2 cm³/mol. The molecule has 0 spiro atoms. The molecule has 6 heteroatoms. The number of hydrogen-bond acceptors (Lipinski definition) is 5. The number of thiophene rings is 1. The lowest BCUT2D eigenvalue weighted by Gasteiger charge is -2.32. The van der Waals surface area contributed by atoms with Crippen molar-refractivity contribution in [1.82, 2.24) is 15.1 Å². The molecule has 114 valence electrons. The first-order chi connectivity index (χ1) is 9.36. The van der Waals surface area contributed by atoms with Crippen molar-refractivity contribution < 1.29 is 4.74 Å². The largest absolute Gasteiger partial charge is 0.496 e. The van der Waals surface area contributed by atoms with Crippen LogP contribution in [0.5, 0.6) is 5.75 Å². The Morgan fingerprint density at radius 1 is 1.35 bits per heavy atom. The summed E-state index contributed by atoms with van der Waals surface area (Å²) in [5.41, 5.74) is 0. The maximum absolute atomic E-state index is 5.40. The second kappa shape index (κ2) is 7.61. The van der Waals surface area contributed by atoms with Gasteiger partial charge in [0.15, 0.2) is 0 Å². The molecule has 0 bridgehead atoms. The van der Waals surface area contributed by atoms with E-state index in [9.17, 15) is 0 Å². The van der Waals surface area contributed by atoms with Crippen molar-refractivity contribution in [3.8, 4) is 5.75 Å². The molecule has 1 atom stereocenters. The van der Waals surface area contributed by atoms with E-state index in [2.05, 4.69) is 26.6 Å². The van der Waals surface area contributed by atoms with Crippen molar-refractivity contribution >= 4 is 23.7 Å². The number of hydrogen-bond donors (Lipinski definition) is 1. The van der Waals surface area contributed by atoms with E-state index in [-0.39, 0.29) is 12.4 Å². The van der Waals surface area contributed by atoms with E-state index in [4.69, 9.17) is 4.74 Å². The predicted octanol–water partition coefficient (Wildman–Crippen LogP) is 1.66. The Kier molecular flexibility index (Phi) is 6.11. The van der Waals surface area contributed by atoms with Crippen molar-refractivity contribution in [2.24, 2.45) is 0 Å². The third-order valence-corrected chi connectivity index (χ3v) is 5.09. The fourth-order valence-electron chi connectivity index (χ4n) is 3.13. The molecule has 2 aliphatic heterocycles. The number of methoxy groups -OCH3 is 1. The maximum Gasteiger partial charge on any atom is 0.134 e. The van der Waals surface area contributed by atoms with Crippen LogP contribution in [0, 0.1) is 0 Å². The van der Waals surface area contributed by atoms with E-state index < -0.39 is 0 Å². The quantitative estimate of drug-likeness (QED) is 0.914. The van der Waals surface area contributed by atoms with Crippen molar-refractivity contribution in [2.75, 3.05) is 46.4 Å². The van der Waals surface area contributed by atoms with Gasteiger partial charge < -0.3 is 10.1 Å². The minimum absolute atomic E-state index is 0. The van der Waals surface area contributed by atoms with E-state index in [1.807, 2.05) is 11.3 Å². The standard InChI is InChI=1S/C14H23N3OS.ClH/c1-18-13-3-9-19-14(13)11-16-6-2-12(10-16)17-7-4-15-5-8-17;/h3,9,12,15H,2,4-8,10-11H2,1H3;1H. The molecule has 0 saturated carbocycles. The maximum atomic E-state index is 5.40. The van der Waals surface area contributed by atoms with Crippen LogP contribution in [0.25, 0.3) is 0 Å². The van der Waals surface area contributed by atoms with E-state index in [0.29, 0.717) is 0 Å². The Balaban J connectivity index is 0.00000147. The monoisotopic (exact) mass is 317 g/mol. The summed E-state index contributed by atoms with van der Waals surface area (Å²) in [7, 11) is 1.76. The van der Waals surface area contributed by atoms with E-state index in [1.165, 1.54) is 37.5 Å². The second-order valence-corrected chi connectivity index (χ2v) is 6.38. The van der Waals surface area contributed by atoms with Gasteiger partial charge in [0, 0.05) is 51.9 Å². The van der Waals surface area contributed by atoms with Crippen molar-refractivity contribution in [2.45, 2.75) is 19.0 Å². The number of ether oxygens (including phenoxy) is 1. The highest BCUT2D eigenvalue weighted by molar-refractivity contribution is 7.10. The molecule has 0 aliphatic carbocycles. The van der Waals surface area contributed by atoms with Crippen LogP contribution in [-0.2, 0) is 6.54 Å². The summed E-state index contributed by atoms with van der Waals surface area (Å²) in [6, 6.07) is 2.83. The molecule has 2 aliphatic rings. The van der Waals surface area contributed by atoms with Gasteiger partial charge in [0.2, 0.25) is 0 Å². The Hall–Kier alpha value is -0.330. The van der Waals surface area contributed by atoms with Crippen molar-refractivity contribution in [3.63, 3.8) is 0 Å². The Morgan fingerprint density at radius 3 is 2.90 bits per heavy atom. The first-order valence-electron chi connectivity index (χ1n) is 7.14. The van der Waals surface area contributed by atoms with Crippen LogP contribution >= 0.6 is 23.7 Å². The molecule has 1 aromatic rings. The Bertz CT molecular complexity index is 409. The number of nitrogens with zero attached hydrogens (tertiary/aromatic N) is 2. The third kappa shape index (κ3) is 3.65. The summed E-state index contributed by atoms with van der Waals surface area (Å²) >= 11 is 1.81. The normalized spacial score (nSPS) is 24.6. The van der Waals surface area contributed by atoms with Crippen LogP contribution in [0.3, 0.4) is 0 Å². The van der Waals surface area contributed by atoms with Gasteiger partial charge in [0.1, 0.15) is 5.75 Å². The van der Waals surface area contributed by atoms with Crippen molar-refractivity contribution in [1.29, 1.82) is 0 Å². The molecule has 2 fully saturated rings. The summed E-state index contributed by atoms with van der Waals surface area (Å²) in [6.07, 6.45) is 1.31. The highest BCUT2D eigenvalue weighted by Gasteiger charge is 2.28. The zero-order chi connectivity index (χ0) is 13.1. The molecule has 3 rings (SSSR count). The first kappa shape index (κ1) is 16.0. The Labute approximate surface area is 131 Å². The van der Waals surface area contributed by atoms with Crippen LogP contribution in [0.2, 0.25) is 0 Å². The summed E-state index contributed by atoms with van der Waals surface area (Å²) in [4.78, 5) is 6.59. The number of piperazine rings is 1. The zero-order valence-corrected chi connectivity index (χ0v) is 13.6. The first-order valence-corrected chi connectivity index (χ1v) is 8.02. The molecule has 0 aromatic carbocycles. The number of nitrogens with one attached hydrogen (secondary N) is 1. The molecule has 1 unspecified atom stereocenters. The summed E-state index contributed by atoms with van der Waals surface area (Å²) in [5, 5.41) is 5.55. The smallest absolute Gasteiger partial charge is 0.134 e. The number of likely N-dealkylation sites (tertiary alicyclic amines) is 1. The van der Waals surface area contributed by atoms with Gasteiger partial charge in [-0.3, -0.25) is 9.80 Å². The summed E-state index contributed by atoms with van der Waals surface area (Å²) in [5.74, 6) is 1.05. The van der Waals surface area contributed by atoms with Gasteiger partial charge in [-0.05, 0) is 17.9 Å². The molecule has 0 amide bonds. The van der Waals surface area contributed by atoms with Gasteiger partial charge >= 0.3 is 0 Å². The molecular formula is C14H24ClN3OS. The second-order valence-electron chi connectivity index (χ2n) is 5.38. The van der Waals surface area contributed by atoms with Gasteiger partial charge in [-0.15, -0.1) is 23.7 Å². The van der Waals surface area contributed by atoms with Gasteiger partial charge in [-0.1, -0.05) is 0 Å². The van der Waals surface area contributed by atoms with E-state index in [1.54, 1.807) is 7.11 Å². The highest BCUT2D eigenvalue weighted by Crippen LogP contribution is 2.28. The lowest BCUT2D eigenvalue weighted by Crippen LogP contribution is -2.49. The SMILES string of the molecule is COc1ccsc1CN1CCC(N2CCNCC2)C1.Cl. The zero-order valence-electron chi connectivity index (χ0n) is 12.0. The summed E-state index contributed by atoms with van der Waals surface area (Å²) in [6.45, 7) is 8.19. The lowest BCUT2D eigenvalue weighted by molar-refractivity contribution is 0.170. The lowest BCUT2D eigenvalue weighted by atomic mass is 10.2. The minimum Gasteiger partial charge on any atom is -0.496 e. The fraction of sp³-hybridized carbons (Fsp3) is 0.714. The molecule has 1 N–H and O–H groups in total. The number of halogens is 1. The topological polar surface area (TPSA) is 27.7 Å². The van der Waals surface area contributed by atoms with Gasteiger partial charge in [-0.25, -0.2) is 0 Å². The number of rotatable bonds is 4. The van der Waals surface area contributed by atoms with E-state index in [0.717, 1.165) is 31.4 Å². The van der Waals surface area contributed by atoms with Crippen molar-refractivity contribution in [3.05, 3.63) is 16.3 Å². The average Bonchev–Trinajstić information content (AvgIpc) is 3.09. The summed E-state index contributed by atoms with van der Waals surface area (Å²) < 4.78 is 5.40. The van der Waals surface area contributed by atoms with Crippen LogP contribution < -0.4 is 10.1 Å². The molecule has 3 heterocycles. The van der Waals surface area contributed by atoms with Gasteiger partial charge in [-0.2, -0.15) is 0 Å². The Morgan fingerprint density at radius 2 is 2.15 bits per heavy atom. The fourth-order valence-corrected chi connectivity index (χ4v) is 4.01. The van der Waals surface area contributed by atoms with E-state index >= 15 is 0 Å². The van der Waals surface area contributed by atoms with Gasteiger partial charge in [0.25, 0.3) is 0 Å². The van der Waals surface area contributed by atoms with Crippen LogP contribution in [0.1, 0.15) is 11.3 Å². The molecular weight excluding hydrogens is 294 g/mol.